The molecule has 2 fully saturated rings. The molecule has 0 bridgehead atoms. The Labute approximate surface area is 251 Å². The maximum Gasteiger partial charge on any atom is 0.255 e. The summed E-state index contributed by atoms with van der Waals surface area (Å²) in [5.74, 6) is -1.29. The molecule has 0 spiro atoms. The molecule has 222 valence electrons. The van der Waals surface area contributed by atoms with Gasteiger partial charge < -0.3 is 30.9 Å². The molecule has 2 saturated heterocycles. The lowest BCUT2D eigenvalue weighted by Crippen LogP contribution is -2.49. The molecule has 0 aromatic heterocycles. The van der Waals surface area contributed by atoms with Crippen molar-refractivity contribution >= 4 is 35.0 Å². The molecule has 11 heteroatoms. The summed E-state index contributed by atoms with van der Waals surface area (Å²) < 4.78 is 0. The van der Waals surface area contributed by atoms with Crippen LogP contribution in [0.15, 0.2) is 65.8 Å². The maximum absolute atomic E-state index is 13.3. The number of hydrogen-bond acceptors (Lipinski definition) is 7. The lowest BCUT2D eigenvalue weighted by Gasteiger charge is -2.36. The summed E-state index contributed by atoms with van der Waals surface area (Å²) in [6.45, 7) is 6.55. The van der Waals surface area contributed by atoms with Gasteiger partial charge in [-0.25, -0.2) is 0 Å². The normalized spacial score (nSPS) is 21.4. The second-order valence-corrected chi connectivity index (χ2v) is 11.4. The first-order valence-corrected chi connectivity index (χ1v) is 14.7. The molecule has 3 amide bonds. The predicted octanol–water partition coefficient (Wildman–Crippen LogP) is 2.89. The molecule has 10 nitrogen and oxygen atoms in total. The molecule has 3 heterocycles. The summed E-state index contributed by atoms with van der Waals surface area (Å²) in [5, 5.41) is 19.4. The Morgan fingerprint density at radius 2 is 1.79 bits per heavy atom. The van der Waals surface area contributed by atoms with Crippen LogP contribution in [0.25, 0.3) is 0 Å². The van der Waals surface area contributed by atoms with E-state index in [2.05, 4.69) is 32.8 Å². The number of nitrogens with zero attached hydrogens (tertiary/aromatic N) is 3. The zero-order chi connectivity index (χ0) is 29.6. The summed E-state index contributed by atoms with van der Waals surface area (Å²) in [7, 11) is 2.14. The summed E-state index contributed by atoms with van der Waals surface area (Å²) in [5.41, 5.74) is 1.35. The fourth-order valence-corrected chi connectivity index (χ4v) is 5.62. The number of amides is 3. The van der Waals surface area contributed by atoms with Crippen LogP contribution in [0.5, 0.6) is 5.75 Å². The SMILES string of the molecule is CN1CCN(CCN2CCCC(c3ccc(C(=O)Nc4c(O)cccc4C(=O)NC4C=CC(Cl)=CN4)cc3)C2=O)CC1. The van der Waals surface area contributed by atoms with Gasteiger partial charge in [-0.15, -0.1) is 0 Å². The minimum absolute atomic E-state index is 0.0101. The van der Waals surface area contributed by atoms with Crippen LogP contribution in [0.2, 0.25) is 0 Å². The molecule has 2 atom stereocenters. The number of allylic oxidation sites excluding steroid dienone is 2. The van der Waals surface area contributed by atoms with E-state index in [0.717, 1.165) is 64.2 Å². The number of halogens is 1. The number of aromatic hydroxyl groups is 1. The molecular formula is C31H37ClN6O4. The molecular weight excluding hydrogens is 556 g/mol. The van der Waals surface area contributed by atoms with Gasteiger partial charge in [-0.2, -0.15) is 0 Å². The molecule has 42 heavy (non-hydrogen) atoms. The van der Waals surface area contributed by atoms with Crippen molar-refractivity contribution in [2.45, 2.75) is 24.9 Å². The van der Waals surface area contributed by atoms with Crippen LogP contribution in [0.4, 0.5) is 5.69 Å². The van der Waals surface area contributed by atoms with E-state index in [1.807, 2.05) is 17.0 Å². The van der Waals surface area contributed by atoms with Crippen LogP contribution in [0.1, 0.15) is 45.0 Å². The average Bonchev–Trinajstić information content (AvgIpc) is 2.99. The van der Waals surface area contributed by atoms with Gasteiger partial charge in [-0.3, -0.25) is 19.3 Å². The van der Waals surface area contributed by atoms with Crippen LogP contribution in [-0.4, -0.2) is 96.6 Å². The fraction of sp³-hybridized carbons (Fsp3) is 0.387. The van der Waals surface area contributed by atoms with Crippen LogP contribution < -0.4 is 16.0 Å². The second kappa shape index (κ2) is 13.4. The van der Waals surface area contributed by atoms with Gasteiger partial charge in [0.25, 0.3) is 11.8 Å². The Kier molecular flexibility index (Phi) is 9.46. The zero-order valence-electron chi connectivity index (χ0n) is 23.7. The molecule has 2 aromatic carbocycles. The van der Waals surface area contributed by atoms with Crippen LogP contribution >= 0.6 is 11.6 Å². The first-order valence-electron chi connectivity index (χ1n) is 14.3. The predicted molar refractivity (Wildman–Crippen MR) is 162 cm³/mol. The third kappa shape index (κ3) is 7.13. The lowest BCUT2D eigenvalue weighted by atomic mass is 9.89. The number of rotatable bonds is 8. The van der Waals surface area contributed by atoms with E-state index in [1.165, 1.54) is 18.2 Å². The number of hydrogen-bond donors (Lipinski definition) is 4. The van der Waals surface area contributed by atoms with Crippen molar-refractivity contribution in [2.24, 2.45) is 0 Å². The first kappa shape index (κ1) is 29.6. The van der Waals surface area contributed by atoms with E-state index in [4.69, 9.17) is 11.6 Å². The quantitative estimate of drug-likeness (QED) is 0.348. The number of piperazine rings is 1. The molecule has 0 aliphatic carbocycles. The van der Waals surface area contributed by atoms with Crippen molar-refractivity contribution in [3.8, 4) is 5.75 Å². The van der Waals surface area contributed by atoms with Gasteiger partial charge in [0.15, 0.2) is 0 Å². The minimum Gasteiger partial charge on any atom is -0.506 e. The number of nitrogens with one attached hydrogen (secondary N) is 3. The number of phenolic OH excluding ortho intramolecular Hbond substituents is 1. The van der Waals surface area contributed by atoms with Crippen LogP contribution in [0, 0.1) is 0 Å². The number of piperidine rings is 1. The number of carbonyl (C=O) groups excluding carboxylic acids is 3. The Balaban J connectivity index is 1.21. The van der Waals surface area contributed by atoms with Crippen molar-refractivity contribution in [1.82, 2.24) is 25.3 Å². The summed E-state index contributed by atoms with van der Waals surface area (Å²) in [4.78, 5) is 46.2. The highest BCUT2D eigenvalue weighted by atomic mass is 35.5. The van der Waals surface area contributed by atoms with Gasteiger partial charge in [-0.05, 0) is 61.9 Å². The van der Waals surface area contributed by atoms with Crippen LogP contribution in [0.3, 0.4) is 0 Å². The van der Waals surface area contributed by atoms with E-state index < -0.39 is 18.0 Å². The number of likely N-dealkylation sites (tertiary alicyclic amines) is 1. The highest BCUT2D eigenvalue weighted by Crippen LogP contribution is 2.30. The van der Waals surface area contributed by atoms with Gasteiger partial charge >= 0.3 is 0 Å². The molecule has 0 saturated carbocycles. The fourth-order valence-electron chi connectivity index (χ4n) is 5.49. The Morgan fingerprint density at radius 1 is 1.02 bits per heavy atom. The monoisotopic (exact) mass is 592 g/mol. The smallest absolute Gasteiger partial charge is 0.255 e. The summed E-state index contributed by atoms with van der Waals surface area (Å²) in [6, 6.07) is 11.4. The van der Waals surface area contributed by atoms with E-state index in [0.29, 0.717) is 10.6 Å². The molecule has 3 aliphatic rings. The Bertz CT molecular complexity index is 1370. The van der Waals surface area contributed by atoms with Crippen molar-refractivity contribution in [3.05, 3.63) is 82.5 Å². The van der Waals surface area contributed by atoms with E-state index in [9.17, 15) is 19.5 Å². The van der Waals surface area contributed by atoms with E-state index in [-0.39, 0.29) is 28.8 Å². The van der Waals surface area contributed by atoms with Gasteiger partial charge in [-0.1, -0.05) is 29.8 Å². The van der Waals surface area contributed by atoms with E-state index in [1.54, 1.807) is 30.5 Å². The third-order valence-corrected chi connectivity index (χ3v) is 8.28. The van der Waals surface area contributed by atoms with Gasteiger partial charge in [0.05, 0.1) is 22.2 Å². The number of anilines is 1. The third-order valence-electron chi connectivity index (χ3n) is 8.05. The zero-order valence-corrected chi connectivity index (χ0v) is 24.4. The Hall–Kier alpha value is -3.86. The Morgan fingerprint density at radius 3 is 2.50 bits per heavy atom. The van der Waals surface area contributed by atoms with Crippen molar-refractivity contribution < 1.29 is 19.5 Å². The standard InChI is InChI=1S/C31H37ClN6O4/c1-36-14-16-37(17-15-36)18-19-38-13-3-5-24(31(38)42)21-7-9-22(10-8-21)29(40)35-28-25(4-2-6-26(28)39)30(41)34-27-12-11-23(32)20-33-27/h2,4,6-12,20,24,27,33,39H,3,5,13-19H2,1H3,(H,34,41)(H,35,40). The number of para-hydroxylation sites is 1. The van der Waals surface area contributed by atoms with Gasteiger partial charge in [0.1, 0.15) is 11.9 Å². The van der Waals surface area contributed by atoms with Crippen molar-refractivity contribution in [2.75, 3.05) is 58.2 Å². The molecule has 2 unspecified atom stereocenters. The number of dihydropyridines is 1. The molecule has 3 aliphatic heterocycles. The van der Waals surface area contributed by atoms with Crippen molar-refractivity contribution in [1.29, 1.82) is 0 Å². The minimum atomic E-state index is -0.497. The largest absolute Gasteiger partial charge is 0.506 e. The average molecular weight is 593 g/mol. The number of phenols is 1. The molecule has 4 N–H and O–H groups in total. The van der Waals surface area contributed by atoms with Gasteiger partial charge in [0, 0.05) is 57.6 Å². The topological polar surface area (TPSA) is 117 Å². The first-order chi connectivity index (χ1) is 20.3. The maximum atomic E-state index is 13.3. The highest BCUT2D eigenvalue weighted by molar-refractivity contribution is 6.31. The number of carbonyl (C=O) groups is 3. The highest BCUT2D eigenvalue weighted by Gasteiger charge is 2.30. The number of benzene rings is 2. The molecule has 0 radical (unpaired) electrons. The lowest BCUT2D eigenvalue weighted by molar-refractivity contribution is -0.135. The van der Waals surface area contributed by atoms with E-state index >= 15 is 0 Å². The summed E-state index contributed by atoms with van der Waals surface area (Å²) >= 11 is 5.90. The summed E-state index contributed by atoms with van der Waals surface area (Å²) in [6.07, 6.45) is 6.13. The number of likely N-dealkylation sites (N-methyl/N-ethyl adjacent to an activating group) is 1. The van der Waals surface area contributed by atoms with Crippen molar-refractivity contribution in [3.63, 3.8) is 0 Å². The van der Waals surface area contributed by atoms with Crippen LogP contribution in [-0.2, 0) is 4.79 Å². The van der Waals surface area contributed by atoms with Gasteiger partial charge in [0.2, 0.25) is 5.91 Å². The molecule has 5 rings (SSSR count). The molecule has 2 aromatic rings. The second-order valence-electron chi connectivity index (χ2n) is 10.9.